The Labute approximate surface area is 112 Å². The van der Waals surface area contributed by atoms with Crippen LogP contribution in [0.4, 0.5) is 0 Å². The van der Waals surface area contributed by atoms with E-state index in [1.54, 1.807) is 32.3 Å². The smallest absolute Gasteiger partial charge is 0.352 e. The average molecular weight is 265 g/mol. The van der Waals surface area contributed by atoms with E-state index in [-0.39, 0.29) is 5.69 Å². The van der Waals surface area contributed by atoms with Crippen LogP contribution in [0.5, 0.6) is 0 Å². The van der Waals surface area contributed by atoms with Crippen molar-refractivity contribution in [1.82, 2.24) is 4.57 Å². The highest BCUT2D eigenvalue weighted by Gasteiger charge is 2.32. The molecule has 1 aromatic rings. The molecule has 104 valence electrons. The van der Waals surface area contributed by atoms with Crippen molar-refractivity contribution in [1.29, 1.82) is 0 Å². The minimum absolute atomic E-state index is 0.216. The third-order valence-corrected chi connectivity index (χ3v) is 3.22. The van der Waals surface area contributed by atoms with Gasteiger partial charge in [0.15, 0.2) is 0 Å². The monoisotopic (exact) mass is 265 g/mol. The molecule has 0 aromatic carbocycles. The van der Waals surface area contributed by atoms with Gasteiger partial charge in [-0.15, -0.1) is 0 Å². The Kier molecular flexibility index (Phi) is 3.16. The topological polar surface area (TPSA) is 68.5 Å². The van der Waals surface area contributed by atoms with E-state index in [0.29, 0.717) is 17.7 Å². The number of carbonyl (C=O) groups is 2. The second kappa shape index (κ2) is 4.40. The Morgan fingerprint density at radius 2 is 1.95 bits per heavy atom. The molecule has 0 spiro atoms. The number of esters is 1. The van der Waals surface area contributed by atoms with Crippen molar-refractivity contribution in [2.75, 3.05) is 0 Å². The van der Waals surface area contributed by atoms with Crippen molar-refractivity contribution < 1.29 is 19.4 Å². The molecule has 0 saturated carbocycles. The van der Waals surface area contributed by atoms with Gasteiger partial charge in [-0.25, -0.2) is 9.59 Å². The molecule has 1 aliphatic rings. The highest BCUT2D eigenvalue weighted by Crippen LogP contribution is 2.30. The average Bonchev–Trinajstić information content (AvgIpc) is 2.71. The Balaban J connectivity index is 2.50. The number of aromatic nitrogens is 1. The zero-order chi connectivity index (χ0) is 14.4. The summed E-state index contributed by atoms with van der Waals surface area (Å²) in [4.78, 5) is 23.6. The van der Waals surface area contributed by atoms with E-state index in [4.69, 9.17) is 4.74 Å². The molecule has 5 heteroatoms. The van der Waals surface area contributed by atoms with Gasteiger partial charge in [-0.3, -0.25) is 0 Å². The van der Waals surface area contributed by atoms with Gasteiger partial charge < -0.3 is 14.4 Å². The van der Waals surface area contributed by atoms with Gasteiger partial charge in [-0.05, 0) is 46.1 Å². The summed E-state index contributed by atoms with van der Waals surface area (Å²) in [5.41, 5.74) is 1.37. The van der Waals surface area contributed by atoms with E-state index >= 15 is 0 Å². The molecule has 0 amide bonds. The van der Waals surface area contributed by atoms with Gasteiger partial charge in [-0.2, -0.15) is 0 Å². The van der Waals surface area contributed by atoms with Crippen molar-refractivity contribution in [2.24, 2.45) is 0 Å². The number of nitrogens with zero attached hydrogens (tertiary/aromatic N) is 1. The standard InChI is InChI=1S/C14H19NO4/c1-8-10(13(18)19-14(2,3)4)9-6-5-7-15(9)11(8)12(16)17/h5-7H2,1-4H3,(H,16,17). The zero-order valence-electron chi connectivity index (χ0n) is 11.7. The largest absolute Gasteiger partial charge is 0.477 e. The van der Waals surface area contributed by atoms with Crippen LogP contribution in [0.2, 0.25) is 0 Å². The number of fused-ring (bicyclic) bond motifs is 1. The van der Waals surface area contributed by atoms with E-state index in [1.807, 2.05) is 0 Å². The lowest BCUT2D eigenvalue weighted by Crippen LogP contribution is -2.24. The fourth-order valence-corrected chi connectivity index (χ4v) is 2.59. The van der Waals surface area contributed by atoms with Crippen molar-refractivity contribution in [2.45, 2.75) is 52.7 Å². The zero-order valence-corrected chi connectivity index (χ0v) is 11.7. The summed E-state index contributed by atoms with van der Waals surface area (Å²) in [7, 11) is 0. The van der Waals surface area contributed by atoms with Crippen LogP contribution in [0.25, 0.3) is 0 Å². The van der Waals surface area contributed by atoms with Crippen molar-refractivity contribution in [3.05, 3.63) is 22.5 Å². The van der Waals surface area contributed by atoms with Gasteiger partial charge in [0, 0.05) is 12.2 Å². The third kappa shape index (κ3) is 2.37. The van der Waals surface area contributed by atoms with Gasteiger partial charge in [0.2, 0.25) is 0 Å². The molecule has 0 bridgehead atoms. The first kappa shape index (κ1) is 13.6. The maximum Gasteiger partial charge on any atom is 0.352 e. The molecule has 0 unspecified atom stereocenters. The second-order valence-electron chi connectivity index (χ2n) is 5.86. The quantitative estimate of drug-likeness (QED) is 0.834. The van der Waals surface area contributed by atoms with Crippen molar-refractivity contribution in [3.8, 4) is 0 Å². The van der Waals surface area contributed by atoms with Crippen LogP contribution < -0.4 is 0 Å². The van der Waals surface area contributed by atoms with Crippen LogP contribution >= 0.6 is 0 Å². The minimum atomic E-state index is -0.990. The van der Waals surface area contributed by atoms with Crippen LogP contribution in [-0.2, 0) is 17.7 Å². The first-order valence-electron chi connectivity index (χ1n) is 6.41. The van der Waals surface area contributed by atoms with Gasteiger partial charge in [0.1, 0.15) is 11.3 Å². The molecule has 0 fully saturated rings. The fraction of sp³-hybridized carbons (Fsp3) is 0.571. The molecule has 2 heterocycles. The highest BCUT2D eigenvalue weighted by atomic mass is 16.6. The van der Waals surface area contributed by atoms with Crippen molar-refractivity contribution >= 4 is 11.9 Å². The molecule has 19 heavy (non-hydrogen) atoms. The van der Waals surface area contributed by atoms with E-state index in [2.05, 4.69) is 0 Å². The van der Waals surface area contributed by atoms with Crippen LogP contribution in [0, 0.1) is 6.92 Å². The van der Waals surface area contributed by atoms with Crippen LogP contribution in [0.1, 0.15) is 59.3 Å². The summed E-state index contributed by atoms with van der Waals surface area (Å²) in [6, 6.07) is 0. The number of hydrogen-bond donors (Lipinski definition) is 1. The summed E-state index contributed by atoms with van der Waals surface area (Å²) in [6.07, 6.45) is 1.59. The van der Waals surface area contributed by atoms with E-state index in [9.17, 15) is 14.7 Å². The van der Waals surface area contributed by atoms with Crippen molar-refractivity contribution in [3.63, 3.8) is 0 Å². The van der Waals surface area contributed by atoms with Gasteiger partial charge in [-0.1, -0.05) is 0 Å². The second-order valence-corrected chi connectivity index (χ2v) is 5.86. The Morgan fingerprint density at radius 3 is 2.47 bits per heavy atom. The number of rotatable bonds is 2. The van der Waals surface area contributed by atoms with Crippen LogP contribution in [0.3, 0.4) is 0 Å². The first-order valence-corrected chi connectivity index (χ1v) is 6.41. The van der Waals surface area contributed by atoms with E-state index in [0.717, 1.165) is 18.5 Å². The lowest BCUT2D eigenvalue weighted by Gasteiger charge is -2.19. The molecule has 0 aliphatic carbocycles. The molecule has 1 aliphatic heterocycles. The minimum Gasteiger partial charge on any atom is -0.477 e. The molecule has 2 rings (SSSR count). The maximum atomic E-state index is 12.2. The number of hydrogen-bond acceptors (Lipinski definition) is 3. The van der Waals surface area contributed by atoms with E-state index in [1.165, 1.54) is 0 Å². The number of carboxylic acids is 1. The molecule has 1 aromatic heterocycles. The normalized spacial score (nSPS) is 14.3. The van der Waals surface area contributed by atoms with E-state index < -0.39 is 17.5 Å². The highest BCUT2D eigenvalue weighted by molar-refractivity contribution is 5.98. The summed E-state index contributed by atoms with van der Waals surface area (Å²) in [5.74, 6) is -1.42. The Bertz CT molecular complexity index is 549. The third-order valence-electron chi connectivity index (χ3n) is 3.22. The predicted molar refractivity (Wildman–Crippen MR) is 69.6 cm³/mol. The summed E-state index contributed by atoms with van der Waals surface area (Å²) in [5, 5.41) is 9.28. The molecule has 0 saturated heterocycles. The summed E-state index contributed by atoms with van der Waals surface area (Å²) >= 11 is 0. The molecule has 0 atom stereocenters. The predicted octanol–water partition coefficient (Wildman–Crippen LogP) is 2.40. The molecule has 0 radical (unpaired) electrons. The fourth-order valence-electron chi connectivity index (χ4n) is 2.59. The van der Waals surface area contributed by atoms with Crippen LogP contribution in [0.15, 0.2) is 0 Å². The summed E-state index contributed by atoms with van der Waals surface area (Å²) in [6.45, 7) is 7.73. The lowest BCUT2D eigenvalue weighted by molar-refractivity contribution is 0.00678. The Hall–Kier alpha value is -1.78. The van der Waals surface area contributed by atoms with Gasteiger partial charge in [0.05, 0.1) is 5.56 Å². The first-order chi connectivity index (χ1) is 8.72. The van der Waals surface area contributed by atoms with Gasteiger partial charge in [0.25, 0.3) is 0 Å². The van der Waals surface area contributed by atoms with Crippen LogP contribution in [-0.4, -0.2) is 27.2 Å². The lowest BCUT2D eigenvalue weighted by atomic mass is 10.1. The SMILES string of the molecule is Cc1c(C(=O)OC(C)(C)C)c2n(c1C(=O)O)CCC2. The van der Waals surface area contributed by atoms with Gasteiger partial charge >= 0.3 is 11.9 Å². The summed E-state index contributed by atoms with van der Waals surface area (Å²) < 4.78 is 7.11. The number of carboxylic acid groups (broad SMARTS) is 1. The number of aromatic carboxylic acids is 1. The molecule has 5 nitrogen and oxygen atoms in total. The maximum absolute atomic E-state index is 12.2. The molecule has 1 N–H and O–H groups in total. The number of ether oxygens (including phenoxy) is 1. The number of carbonyl (C=O) groups excluding carboxylic acids is 1. The molecular weight excluding hydrogens is 246 g/mol. The molecular formula is C14H19NO4. The Morgan fingerprint density at radius 1 is 1.32 bits per heavy atom.